The quantitative estimate of drug-likeness (QED) is 0.263. The van der Waals surface area contributed by atoms with Crippen LogP contribution in [0.1, 0.15) is 0 Å². The highest BCUT2D eigenvalue weighted by atomic mass is 16.3. The molecule has 0 saturated heterocycles. The lowest BCUT2D eigenvalue weighted by Gasteiger charge is -2.08. The van der Waals surface area contributed by atoms with E-state index in [1.165, 1.54) is 0 Å². The molecular weight excluding hydrogens is 430 g/mol. The van der Waals surface area contributed by atoms with Crippen LogP contribution in [0.5, 0.6) is 0 Å². The Labute approximate surface area is 200 Å². The van der Waals surface area contributed by atoms with E-state index in [4.69, 9.17) is 8.83 Å². The third kappa shape index (κ3) is 2.55. The van der Waals surface area contributed by atoms with E-state index in [0.29, 0.717) is 0 Å². The molecule has 8 aromatic rings. The fourth-order valence-corrected chi connectivity index (χ4v) is 5.46. The van der Waals surface area contributed by atoms with Crippen LogP contribution in [0.4, 0.5) is 0 Å². The summed E-state index contributed by atoms with van der Waals surface area (Å²) in [7, 11) is 0. The van der Waals surface area contributed by atoms with Crippen LogP contribution in [0, 0.1) is 0 Å². The van der Waals surface area contributed by atoms with Gasteiger partial charge in [0.2, 0.25) is 0 Å². The monoisotopic (exact) mass is 449 g/mol. The van der Waals surface area contributed by atoms with Gasteiger partial charge in [0, 0.05) is 32.8 Å². The third-order valence-electron chi connectivity index (χ3n) is 7.00. The Kier molecular flexibility index (Phi) is 3.66. The van der Waals surface area contributed by atoms with Crippen molar-refractivity contribution in [2.75, 3.05) is 0 Å². The molecule has 164 valence electrons. The van der Waals surface area contributed by atoms with E-state index in [1.54, 1.807) is 0 Å². The molecular formula is C32H19NO2. The summed E-state index contributed by atoms with van der Waals surface area (Å²) in [5, 5.41) is 4.47. The first-order valence-corrected chi connectivity index (χ1v) is 11.8. The summed E-state index contributed by atoms with van der Waals surface area (Å²) in [6.07, 6.45) is 0. The number of nitrogens with zero attached hydrogens (tertiary/aromatic N) is 1. The molecule has 3 aromatic heterocycles. The van der Waals surface area contributed by atoms with E-state index in [2.05, 4.69) is 102 Å². The van der Waals surface area contributed by atoms with Crippen molar-refractivity contribution in [2.45, 2.75) is 0 Å². The van der Waals surface area contributed by atoms with Crippen LogP contribution >= 0.6 is 0 Å². The maximum Gasteiger partial charge on any atom is 0.161 e. The van der Waals surface area contributed by atoms with Crippen molar-refractivity contribution >= 4 is 54.9 Å². The SMILES string of the molecule is c1ccc(-n2c3ccccc3c3oc4c(-c5ccc6oc7ccccc7c6c5)cccc4c32)cc1. The lowest BCUT2D eigenvalue weighted by atomic mass is 10.0. The summed E-state index contributed by atoms with van der Waals surface area (Å²) in [4.78, 5) is 0. The van der Waals surface area contributed by atoms with Crippen molar-refractivity contribution in [3.05, 3.63) is 115 Å². The Morgan fingerprint density at radius 2 is 1.23 bits per heavy atom. The van der Waals surface area contributed by atoms with Gasteiger partial charge >= 0.3 is 0 Å². The van der Waals surface area contributed by atoms with Crippen molar-refractivity contribution < 1.29 is 8.83 Å². The lowest BCUT2D eigenvalue weighted by Crippen LogP contribution is -1.92. The largest absolute Gasteiger partial charge is 0.456 e. The first-order chi connectivity index (χ1) is 17.4. The van der Waals surface area contributed by atoms with E-state index in [9.17, 15) is 0 Å². The van der Waals surface area contributed by atoms with Crippen molar-refractivity contribution in [1.82, 2.24) is 4.57 Å². The zero-order chi connectivity index (χ0) is 22.9. The van der Waals surface area contributed by atoms with Gasteiger partial charge in [0.25, 0.3) is 0 Å². The van der Waals surface area contributed by atoms with Gasteiger partial charge in [-0.05, 0) is 54.1 Å². The van der Waals surface area contributed by atoms with Crippen LogP contribution in [0.25, 0.3) is 71.7 Å². The van der Waals surface area contributed by atoms with Gasteiger partial charge in [-0.25, -0.2) is 0 Å². The van der Waals surface area contributed by atoms with Crippen LogP contribution < -0.4 is 0 Å². The van der Waals surface area contributed by atoms with Gasteiger partial charge in [-0.2, -0.15) is 0 Å². The number of para-hydroxylation sites is 4. The number of rotatable bonds is 2. The topological polar surface area (TPSA) is 31.2 Å². The summed E-state index contributed by atoms with van der Waals surface area (Å²) in [5.74, 6) is 0. The Bertz CT molecular complexity index is 2050. The highest BCUT2D eigenvalue weighted by Gasteiger charge is 2.21. The van der Waals surface area contributed by atoms with E-state index < -0.39 is 0 Å². The van der Waals surface area contributed by atoms with Crippen LogP contribution in [-0.4, -0.2) is 4.57 Å². The molecule has 0 aliphatic carbocycles. The molecule has 3 heteroatoms. The van der Waals surface area contributed by atoms with Crippen molar-refractivity contribution in [3.63, 3.8) is 0 Å². The molecule has 0 aliphatic rings. The van der Waals surface area contributed by atoms with Crippen LogP contribution in [0.2, 0.25) is 0 Å². The fourth-order valence-electron chi connectivity index (χ4n) is 5.46. The predicted octanol–water partition coefficient (Wildman–Crippen LogP) is 9.10. The molecule has 0 fully saturated rings. The Morgan fingerprint density at radius 3 is 2.14 bits per heavy atom. The smallest absolute Gasteiger partial charge is 0.161 e. The Hall–Kier alpha value is -4.76. The maximum atomic E-state index is 6.69. The summed E-state index contributed by atoms with van der Waals surface area (Å²) >= 11 is 0. The van der Waals surface area contributed by atoms with Crippen LogP contribution in [-0.2, 0) is 0 Å². The van der Waals surface area contributed by atoms with Crippen LogP contribution in [0.15, 0.2) is 124 Å². The summed E-state index contributed by atoms with van der Waals surface area (Å²) < 4.78 is 15.1. The van der Waals surface area contributed by atoms with Gasteiger partial charge < -0.3 is 13.4 Å². The zero-order valence-corrected chi connectivity index (χ0v) is 18.7. The normalized spacial score (nSPS) is 12.0. The maximum absolute atomic E-state index is 6.69. The molecule has 0 atom stereocenters. The van der Waals surface area contributed by atoms with Crippen molar-refractivity contribution in [1.29, 1.82) is 0 Å². The average molecular weight is 450 g/mol. The van der Waals surface area contributed by atoms with Gasteiger partial charge in [-0.3, -0.25) is 0 Å². The van der Waals surface area contributed by atoms with E-state index in [1.807, 2.05) is 18.2 Å². The second-order valence-electron chi connectivity index (χ2n) is 8.96. The molecule has 0 N–H and O–H groups in total. The van der Waals surface area contributed by atoms with Gasteiger partial charge in [0.05, 0.1) is 5.52 Å². The molecule has 0 aliphatic heterocycles. The molecule has 35 heavy (non-hydrogen) atoms. The molecule has 3 nitrogen and oxygen atoms in total. The summed E-state index contributed by atoms with van der Waals surface area (Å²) in [5.41, 5.74) is 9.18. The van der Waals surface area contributed by atoms with E-state index in [-0.39, 0.29) is 0 Å². The second kappa shape index (κ2) is 6.87. The lowest BCUT2D eigenvalue weighted by molar-refractivity contribution is 0.668. The molecule has 8 rings (SSSR count). The van der Waals surface area contributed by atoms with Crippen LogP contribution in [0.3, 0.4) is 0 Å². The van der Waals surface area contributed by atoms with Gasteiger partial charge in [-0.15, -0.1) is 0 Å². The predicted molar refractivity (Wildman–Crippen MR) is 143 cm³/mol. The molecule has 0 bridgehead atoms. The fraction of sp³-hybridized carbons (Fsp3) is 0. The number of fused-ring (bicyclic) bond motifs is 8. The van der Waals surface area contributed by atoms with E-state index in [0.717, 1.165) is 71.7 Å². The molecule has 0 unspecified atom stereocenters. The minimum absolute atomic E-state index is 0.897. The van der Waals surface area contributed by atoms with Crippen molar-refractivity contribution in [3.8, 4) is 16.8 Å². The molecule has 0 amide bonds. The second-order valence-corrected chi connectivity index (χ2v) is 8.96. The standard InChI is InChI=1S/C32H19NO2/c1-2-9-21(10-3-1)33-27-15-6-4-12-24(27)32-30(33)25-14-8-13-22(31(25)35-32)20-17-18-29-26(19-20)23-11-5-7-16-28(23)34-29/h1-19H. The van der Waals surface area contributed by atoms with Gasteiger partial charge in [0.15, 0.2) is 5.58 Å². The molecule has 0 saturated carbocycles. The summed E-state index contributed by atoms with van der Waals surface area (Å²) in [6.45, 7) is 0. The first-order valence-electron chi connectivity index (χ1n) is 11.8. The molecule has 0 spiro atoms. The third-order valence-corrected chi connectivity index (χ3v) is 7.00. The number of hydrogen-bond acceptors (Lipinski definition) is 2. The number of furan rings is 2. The Balaban J connectivity index is 1.46. The minimum atomic E-state index is 0.897. The minimum Gasteiger partial charge on any atom is -0.456 e. The average Bonchev–Trinajstić information content (AvgIpc) is 3.57. The molecule has 5 aromatic carbocycles. The van der Waals surface area contributed by atoms with Gasteiger partial charge in [-0.1, -0.05) is 66.7 Å². The van der Waals surface area contributed by atoms with Gasteiger partial charge in [0.1, 0.15) is 22.3 Å². The number of hydrogen-bond donors (Lipinski definition) is 0. The zero-order valence-electron chi connectivity index (χ0n) is 18.7. The van der Waals surface area contributed by atoms with Crippen molar-refractivity contribution in [2.24, 2.45) is 0 Å². The number of benzene rings is 5. The first kappa shape index (κ1) is 18.6. The number of aromatic nitrogens is 1. The Morgan fingerprint density at radius 1 is 0.486 bits per heavy atom. The molecule has 3 heterocycles. The highest BCUT2D eigenvalue weighted by Crippen LogP contribution is 2.42. The molecule has 0 radical (unpaired) electrons. The van der Waals surface area contributed by atoms with E-state index >= 15 is 0 Å². The summed E-state index contributed by atoms with van der Waals surface area (Å²) in [6, 6.07) is 40.0. The highest BCUT2D eigenvalue weighted by molar-refractivity contribution is 6.18.